The number of rotatable bonds is 5. The molecule has 0 saturated heterocycles. The fourth-order valence-electron chi connectivity index (χ4n) is 4.95. The first-order valence-corrected chi connectivity index (χ1v) is 11.5. The molecule has 0 fully saturated rings. The van der Waals surface area contributed by atoms with Gasteiger partial charge in [-0.25, -0.2) is 0 Å². The number of hydrogen-bond donors (Lipinski definition) is 2. The zero-order chi connectivity index (χ0) is 22.8. The molecule has 0 spiro atoms. The number of nitrogens with zero attached hydrogens (tertiary/aromatic N) is 2. The van der Waals surface area contributed by atoms with Crippen molar-refractivity contribution >= 4 is 11.8 Å². The Morgan fingerprint density at radius 3 is 2.85 bits per heavy atom. The average molecular weight is 445 g/mol. The first-order valence-electron chi connectivity index (χ1n) is 11.5. The van der Waals surface area contributed by atoms with E-state index < -0.39 is 0 Å². The van der Waals surface area contributed by atoms with Gasteiger partial charge < -0.3 is 15.0 Å². The molecule has 7 nitrogen and oxygen atoms in total. The Hall–Kier alpha value is -3.61. The van der Waals surface area contributed by atoms with Crippen LogP contribution in [0.15, 0.2) is 48.5 Å². The molecule has 7 heteroatoms. The molecule has 2 aliphatic rings. The monoisotopic (exact) mass is 444 g/mol. The highest BCUT2D eigenvalue weighted by molar-refractivity contribution is 5.94. The molecule has 33 heavy (non-hydrogen) atoms. The second-order valence-electron chi connectivity index (χ2n) is 8.70. The van der Waals surface area contributed by atoms with E-state index in [1.807, 2.05) is 36.4 Å². The zero-order valence-electron chi connectivity index (χ0n) is 18.8. The number of aromatic amines is 1. The topological polar surface area (TPSA) is 87.3 Å². The molecule has 0 radical (unpaired) electrons. The minimum absolute atomic E-state index is 0.0123. The Bertz CT molecular complexity index is 1190. The first-order chi connectivity index (χ1) is 16.1. The lowest BCUT2D eigenvalue weighted by atomic mass is 9.87. The highest BCUT2D eigenvalue weighted by Crippen LogP contribution is 2.30. The Morgan fingerprint density at radius 1 is 1.15 bits per heavy atom. The number of carbonyl (C=O) groups is 2. The van der Waals surface area contributed by atoms with Gasteiger partial charge in [0.1, 0.15) is 5.75 Å². The summed E-state index contributed by atoms with van der Waals surface area (Å²) in [6.45, 7) is 0.976. The summed E-state index contributed by atoms with van der Waals surface area (Å²) in [4.78, 5) is 28.0. The summed E-state index contributed by atoms with van der Waals surface area (Å²) in [6, 6.07) is 15.8. The molecule has 1 aliphatic carbocycles. The fraction of sp³-hybridized carbons (Fsp3) is 0.346. The summed E-state index contributed by atoms with van der Waals surface area (Å²) < 4.78 is 5.39. The minimum Gasteiger partial charge on any atom is -0.496 e. The lowest BCUT2D eigenvalue weighted by Gasteiger charge is -2.28. The number of H-pyrrole nitrogens is 1. The van der Waals surface area contributed by atoms with E-state index in [0.717, 1.165) is 36.1 Å². The summed E-state index contributed by atoms with van der Waals surface area (Å²) in [7, 11) is 1.61. The lowest BCUT2D eigenvalue weighted by Crippen LogP contribution is -2.38. The number of hydrogen-bond acceptors (Lipinski definition) is 4. The van der Waals surface area contributed by atoms with Gasteiger partial charge in [-0.3, -0.25) is 14.7 Å². The van der Waals surface area contributed by atoms with Crippen molar-refractivity contribution in [3.8, 4) is 5.75 Å². The number of fused-ring (bicyclic) bond motifs is 2. The van der Waals surface area contributed by atoms with Gasteiger partial charge in [-0.1, -0.05) is 42.5 Å². The van der Waals surface area contributed by atoms with Gasteiger partial charge in [0.05, 0.1) is 19.6 Å². The molecule has 5 rings (SSSR count). The summed E-state index contributed by atoms with van der Waals surface area (Å²) in [6.07, 6.45) is 3.92. The maximum absolute atomic E-state index is 13.2. The van der Waals surface area contributed by atoms with Gasteiger partial charge in [-0.2, -0.15) is 5.10 Å². The molecular weight excluding hydrogens is 416 g/mol. The Labute approximate surface area is 193 Å². The van der Waals surface area contributed by atoms with Crippen LogP contribution in [-0.2, 0) is 30.6 Å². The van der Waals surface area contributed by atoms with E-state index >= 15 is 0 Å². The predicted molar refractivity (Wildman–Crippen MR) is 124 cm³/mol. The zero-order valence-corrected chi connectivity index (χ0v) is 18.8. The number of para-hydroxylation sites is 1. The Kier molecular flexibility index (Phi) is 5.86. The van der Waals surface area contributed by atoms with Gasteiger partial charge in [0.2, 0.25) is 5.91 Å². The van der Waals surface area contributed by atoms with Crippen LogP contribution < -0.4 is 10.1 Å². The molecule has 1 atom stereocenters. The number of nitrogens with one attached hydrogen (secondary N) is 2. The second kappa shape index (κ2) is 9.10. The summed E-state index contributed by atoms with van der Waals surface area (Å²) in [5.41, 5.74) is 5.49. The molecule has 2 heterocycles. The smallest absolute Gasteiger partial charge is 0.272 e. The van der Waals surface area contributed by atoms with Gasteiger partial charge in [0.25, 0.3) is 5.91 Å². The number of ether oxygens (including phenoxy) is 1. The summed E-state index contributed by atoms with van der Waals surface area (Å²) in [5, 5.41) is 10.5. The maximum Gasteiger partial charge on any atom is 0.272 e. The fourth-order valence-corrected chi connectivity index (χ4v) is 4.95. The molecule has 2 amide bonds. The van der Waals surface area contributed by atoms with Crippen molar-refractivity contribution in [3.63, 3.8) is 0 Å². The molecule has 3 aromatic rings. The Morgan fingerprint density at radius 2 is 1.97 bits per heavy atom. The van der Waals surface area contributed by atoms with Crippen LogP contribution in [0.5, 0.6) is 5.75 Å². The van der Waals surface area contributed by atoms with Crippen LogP contribution in [0.25, 0.3) is 0 Å². The van der Waals surface area contributed by atoms with Gasteiger partial charge in [-0.15, -0.1) is 0 Å². The standard InChI is InChI=1S/C26H28N4O3/c1-33-23-12-5-3-8-18(23)15-24(31)30-14-13-22-20(16-30)25(29-28-22)26(32)27-21-11-6-9-17-7-2-4-10-19(17)21/h2-5,7-8,10,12,21H,6,9,11,13-16H2,1H3,(H,27,32)(H,28,29)/t21-/m1/s1. The lowest BCUT2D eigenvalue weighted by molar-refractivity contribution is -0.131. The SMILES string of the molecule is COc1ccccc1CC(=O)N1CCc2[nH]nc(C(=O)N[C@@H]3CCCc4ccccc43)c2C1. The van der Waals surface area contributed by atoms with Gasteiger partial charge in [-0.05, 0) is 36.5 Å². The molecular formula is C26H28N4O3. The van der Waals surface area contributed by atoms with Crippen LogP contribution >= 0.6 is 0 Å². The normalized spacial score (nSPS) is 17.1. The van der Waals surface area contributed by atoms with E-state index in [1.165, 1.54) is 11.1 Å². The van der Waals surface area contributed by atoms with E-state index in [9.17, 15) is 9.59 Å². The maximum atomic E-state index is 13.2. The minimum atomic E-state index is -0.187. The number of carbonyl (C=O) groups excluding carboxylic acids is 2. The molecule has 0 saturated carbocycles. The quantitative estimate of drug-likeness (QED) is 0.632. The molecule has 1 aliphatic heterocycles. The number of benzene rings is 2. The third-order valence-corrected chi connectivity index (χ3v) is 6.71. The molecule has 170 valence electrons. The van der Waals surface area contributed by atoms with Crippen molar-refractivity contribution < 1.29 is 14.3 Å². The van der Waals surface area contributed by atoms with Crippen LogP contribution in [0.4, 0.5) is 0 Å². The van der Waals surface area contributed by atoms with Crippen molar-refractivity contribution in [3.05, 3.63) is 82.2 Å². The van der Waals surface area contributed by atoms with Crippen LogP contribution in [0.3, 0.4) is 0 Å². The van der Waals surface area contributed by atoms with Crippen LogP contribution in [0.1, 0.15) is 57.3 Å². The van der Waals surface area contributed by atoms with Crippen molar-refractivity contribution in [2.75, 3.05) is 13.7 Å². The number of aromatic nitrogens is 2. The van der Waals surface area contributed by atoms with Crippen molar-refractivity contribution in [2.24, 2.45) is 0 Å². The van der Waals surface area contributed by atoms with E-state index in [4.69, 9.17) is 4.74 Å². The number of aryl methyl sites for hydroxylation is 1. The van der Waals surface area contributed by atoms with Gasteiger partial charge in [0, 0.05) is 36.3 Å². The molecule has 2 aromatic carbocycles. The molecule has 1 aromatic heterocycles. The summed E-state index contributed by atoms with van der Waals surface area (Å²) >= 11 is 0. The van der Waals surface area contributed by atoms with E-state index in [-0.39, 0.29) is 24.3 Å². The van der Waals surface area contributed by atoms with E-state index in [1.54, 1.807) is 12.0 Å². The molecule has 2 N–H and O–H groups in total. The van der Waals surface area contributed by atoms with Crippen LogP contribution in [0.2, 0.25) is 0 Å². The highest BCUT2D eigenvalue weighted by atomic mass is 16.5. The van der Waals surface area contributed by atoms with Gasteiger partial charge >= 0.3 is 0 Å². The molecule has 0 bridgehead atoms. The summed E-state index contributed by atoms with van der Waals surface area (Å²) in [5.74, 6) is 0.534. The van der Waals surface area contributed by atoms with E-state index in [0.29, 0.717) is 31.0 Å². The van der Waals surface area contributed by atoms with Crippen molar-refractivity contribution in [2.45, 2.75) is 44.7 Å². The number of amides is 2. The van der Waals surface area contributed by atoms with Crippen molar-refractivity contribution in [1.29, 1.82) is 0 Å². The largest absolute Gasteiger partial charge is 0.496 e. The highest BCUT2D eigenvalue weighted by Gasteiger charge is 2.30. The van der Waals surface area contributed by atoms with Crippen molar-refractivity contribution in [1.82, 2.24) is 20.4 Å². The second-order valence-corrected chi connectivity index (χ2v) is 8.70. The van der Waals surface area contributed by atoms with Gasteiger partial charge in [0.15, 0.2) is 5.69 Å². The predicted octanol–water partition coefficient (Wildman–Crippen LogP) is 3.35. The van der Waals surface area contributed by atoms with E-state index in [2.05, 4.69) is 27.6 Å². The third-order valence-electron chi connectivity index (χ3n) is 6.71. The Balaban J connectivity index is 1.30. The average Bonchev–Trinajstić information content (AvgIpc) is 3.28. The first kappa shape index (κ1) is 21.2. The number of methoxy groups -OCH3 is 1. The third kappa shape index (κ3) is 4.23. The molecule has 0 unspecified atom stereocenters. The van der Waals surface area contributed by atoms with Crippen LogP contribution in [-0.4, -0.2) is 40.6 Å². The van der Waals surface area contributed by atoms with Crippen LogP contribution in [0, 0.1) is 0 Å².